The second kappa shape index (κ2) is 12.0. The fourth-order valence-electron chi connectivity index (χ4n) is 5.19. The van der Waals surface area contributed by atoms with Crippen LogP contribution in [0.4, 0.5) is 5.69 Å². The van der Waals surface area contributed by atoms with Crippen molar-refractivity contribution in [3.8, 4) is 0 Å². The standard InChI is InChI=1S/C33H32BrN3O3/c1-3-22(2)35-32(39)29(19-23-10-5-4-6-11-23)36(20-24-12-7-15-26(34)18-24)30(38)21-37-28-17-9-14-25-13-8-16-27(31(25)28)33(37)40/h4-18,22,29H,3,19-21H2,1-2H3,(H,35,39)/t22-,29-/m0/s1. The highest BCUT2D eigenvalue weighted by Gasteiger charge is 2.36. The van der Waals surface area contributed by atoms with Gasteiger partial charge in [0, 0.05) is 34.4 Å². The smallest absolute Gasteiger partial charge is 0.259 e. The highest BCUT2D eigenvalue weighted by Crippen LogP contribution is 2.37. The topological polar surface area (TPSA) is 69.7 Å². The van der Waals surface area contributed by atoms with Crippen LogP contribution in [0.15, 0.2) is 95.5 Å². The van der Waals surface area contributed by atoms with Gasteiger partial charge in [0.15, 0.2) is 0 Å². The molecule has 0 unspecified atom stereocenters. The zero-order valence-electron chi connectivity index (χ0n) is 22.6. The van der Waals surface area contributed by atoms with Gasteiger partial charge in [-0.05, 0) is 54.1 Å². The molecule has 0 saturated heterocycles. The van der Waals surface area contributed by atoms with Crippen LogP contribution >= 0.6 is 15.9 Å². The fraction of sp³-hybridized carbons (Fsp3) is 0.242. The van der Waals surface area contributed by atoms with Crippen LogP contribution in [0.2, 0.25) is 0 Å². The molecule has 0 saturated carbocycles. The lowest BCUT2D eigenvalue weighted by Gasteiger charge is -2.33. The summed E-state index contributed by atoms with van der Waals surface area (Å²) in [5, 5.41) is 4.91. The van der Waals surface area contributed by atoms with Crippen LogP contribution in [0.25, 0.3) is 10.8 Å². The summed E-state index contributed by atoms with van der Waals surface area (Å²) in [6.07, 6.45) is 1.13. The third kappa shape index (κ3) is 5.80. The van der Waals surface area contributed by atoms with E-state index in [0.717, 1.165) is 38.5 Å². The van der Waals surface area contributed by atoms with Gasteiger partial charge >= 0.3 is 0 Å². The SMILES string of the molecule is CC[C@H](C)NC(=O)[C@H](Cc1ccccc1)N(Cc1cccc(Br)c1)C(=O)CN1C(=O)c2cccc3cccc1c23. The number of hydrogen-bond acceptors (Lipinski definition) is 3. The van der Waals surface area contributed by atoms with E-state index in [1.165, 1.54) is 0 Å². The molecule has 0 spiro atoms. The number of rotatable bonds is 10. The molecule has 4 aromatic rings. The first kappa shape index (κ1) is 27.6. The molecule has 0 bridgehead atoms. The second-order valence-corrected chi connectivity index (χ2v) is 11.2. The Morgan fingerprint density at radius 2 is 1.62 bits per heavy atom. The van der Waals surface area contributed by atoms with Gasteiger partial charge in [-0.2, -0.15) is 0 Å². The van der Waals surface area contributed by atoms with Gasteiger partial charge < -0.3 is 10.2 Å². The first-order chi connectivity index (χ1) is 19.4. The van der Waals surface area contributed by atoms with Gasteiger partial charge in [-0.1, -0.05) is 89.6 Å². The van der Waals surface area contributed by atoms with Crippen molar-refractivity contribution in [2.45, 2.75) is 45.3 Å². The molecule has 3 amide bonds. The van der Waals surface area contributed by atoms with Gasteiger partial charge in [0.25, 0.3) is 5.91 Å². The summed E-state index contributed by atoms with van der Waals surface area (Å²) >= 11 is 3.53. The Labute approximate surface area is 243 Å². The Balaban J connectivity index is 1.51. The predicted octanol–water partition coefficient (Wildman–Crippen LogP) is 6.12. The Morgan fingerprint density at radius 3 is 2.35 bits per heavy atom. The number of carbonyl (C=O) groups is 3. The molecule has 204 valence electrons. The molecule has 0 aliphatic carbocycles. The van der Waals surface area contributed by atoms with Crippen LogP contribution in [0, 0.1) is 0 Å². The Morgan fingerprint density at radius 1 is 0.925 bits per heavy atom. The minimum atomic E-state index is -0.765. The maximum absolute atomic E-state index is 14.2. The fourth-order valence-corrected chi connectivity index (χ4v) is 5.64. The Bertz CT molecular complexity index is 1550. The van der Waals surface area contributed by atoms with Crippen molar-refractivity contribution in [3.63, 3.8) is 0 Å². The Hall–Kier alpha value is -3.97. The minimum absolute atomic E-state index is 0.0409. The average Bonchev–Trinajstić information content (AvgIpc) is 3.23. The van der Waals surface area contributed by atoms with Crippen LogP contribution in [0.3, 0.4) is 0 Å². The first-order valence-corrected chi connectivity index (χ1v) is 14.4. The quantitative estimate of drug-likeness (QED) is 0.239. The molecule has 1 aliphatic rings. The monoisotopic (exact) mass is 597 g/mol. The second-order valence-electron chi connectivity index (χ2n) is 10.2. The molecule has 1 aliphatic heterocycles. The molecule has 0 fully saturated rings. The molecule has 6 nitrogen and oxygen atoms in total. The molecular formula is C33H32BrN3O3. The van der Waals surface area contributed by atoms with E-state index < -0.39 is 6.04 Å². The molecule has 40 heavy (non-hydrogen) atoms. The number of nitrogens with zero attached hydrogens (tertiary/aromatic N) is 2. The summed E-state index contributed by atoms with van der Waals surface area (Å²) < 4.78 is 0.887. The minimum Gasteiger partial charge on any atom is -0.352 e. The highest BCUT2D eigenvalue weighted by molar-refractivity contribution is 9.10. The van der Waals surface area contributed by atoms with Gasteiger partial charge in [-0.15, -0.1) is 0 Å². The van der Waals surface area contributed by atoms with E-state index in [0.29, 0.717) is 12.0 Å². The van der Waals surface area contributed by atoms with E-state index in [-0.39, 0.29) is 36.9 Å². The third-order valence-corrected chi connectivity index (χ3v) is 7.95. The van der Waals surface area contributed by atoms with E-state index in [1.54, 1.807) is 15.9 Å². The molecular weight excluding hydrogens is 566 g/mol. The lowest BCUT2D eigenvalue weighted by Crippen LogP contribution is -2.54. The lowest BCUT2D eigenvalue weighted by atomic mass is 10.0. The van der Waals surface area contributed by atoms with Crippen LogP contribution in [0.5, 0.6) is 0 Å². The molecule has 0 aromatic heterocycles. The van der Waals surface area contributed by atoms with Crippen LogP contribution in [-0.4, -0.2) is 41.2 Å². The highest BCUT2D eigenvalue weighted by atomic mass is 79.9. The third-order valence-electron chi connectivity index (χ3n) is 7.46. The summed E-state index contributed by atoms with van der Waals surface area (Å²) in [7, 11) is 0. The van der Waals surface area contributed by atoms with Crippen molar-refractivity contribution < 1.29 is 14.4 Å². The van der Waals surface area contributed by atoms with Crippen LogP contribution < -0.4 is 10.2 Å². The number of amides is 3. The van der Waals surface area contributed by atoms with E-state index in [9.17, 15) is 14.4 Å². The predicted molar refractivity (Wildman–Crippen MR) is 162 cm³/mol. The van der Waals surface area contributed by atoms with Gasteiger partial charge in [0.2, 0.25) is 11.8 Å². The normalized spacial score (nSPS) is 13.8. The lowest BCUT2D eigenvalue weighted by molar-refractivity contribution is -0.140. The Kier molecular flexibility index (Phi) is 8.31. The zero-order valence-corrected chi connectivity index (χ0v) is 24.2. The van der Waals surface area contributed by atoms with E-state index in [4.69, 9.17) is 0 Å². The largest absolute Gasteiger partial charge is 0.352 e. The maximum atomic E-state index is 14.2. The van der Waals surface area contributed by atoms with Gasteiger partial charge in [-0.25, -0.2) is 0 Å². The van der Waals surface area contributed by atoms with Gasteiger partial charge in [0.05, 0.1) is 5.69 Å². The first-order valence-electron chi connectivity index (χ1n) is 13.6. The molecule has 0 radical (unpaired) electrons. The molecule has 7 heteroatoms. The van der Waals surface area contributed by atoms with Crippen molar-refractivity contribution in [1.29, 1.82) is 0 Å². The van der Waals surface area contributed by atoms with E-state index in [1.807, 2.05) is 98.8 Å². The molecule has 4 aromatic carbocycles. The summed E-state index contributed by atoms with van der Waals surface area (Å²) in [5.74, 6) is -0.704. The van der Waals surface area contributed by atoms with E-state index in [2.05, 4.69) is 21.2 Å². The number of nitrogens with one attached hydrogen (secondary N) is 1. The van der Waals surface area contributed by atoms with E-state index >= 15 is 0 Å². The number of hydrogen-bond donors (Lipinski definition) is 1. The summed E-state index contributed by atoms with van der Waals surface area (Å²) in [5.41, 5.74) is 3.15. The summed E-state index contributed by atoms with van der Waals surface area (Å²) in [4.78, 5) is 44.7. The van der Waals surface area contributed by atoms with Crippen molar-refractivity contribution in [2.75, 3.05) is 11.4 Å². The van der Waals surface area contributed by atoms with Gasteiger partial charge in [0.1, 0.15) is 12.6 Å². The average molecular weight is 599 g/mol. The van der Waals surface area contributed by atoms with Crippen molar-refractivity contribution in [1.82, 2.24) is 10.2 Å². The van der Waals surface area contributed by atoms with Crippen molar-refractivity contribution in [3.05, 3.63) is 112 Å². The van der Waals surface area contributed by atoms with Crippen molar-refractivity contribution >= 4 is 50.1 Å². The van der Waals surface area contributed by atoms with Gasteiger partial charge in [-0.3, -0.25) is 19.3 Å². The number of benzene rings is 4. The summed E-state index contributed by atoms with van der Waals surface area (Å²) in [6, 6.07) is 28.0. The number of carbonyl (C=O) groups excluding carboxylic acids is 3. The number of halogens is 1. The number of anilines is 1. The zero-order chi connectivity index (χ0) is 28.2. The molecule has 5 rings (SSSR count). The molecule has 2 atom stereocenters. The van der Waals surface area contributed by atoms with Crippen molar-refractivity contribution in [2.24, 2.45) is 0 Å². The molecule has 1 N–H and O–H groups in total. The van der Waals surface area contributed by atoms with Crippen LogP contribution in [0.1, 0.15) is 41.8 Å². The maximum Gasteiger partial charge on any atom is 0.259 e. The summed E-state index contributed by atoms with van der Waals surface area (Å²) in [6.45, 7) is 4.03. The van der Waals surface area contributed by atoms with Crippen LogP contribution in [-0.2, 0) is 22.6 Å². The molecule has 1 heterocycles.